The highest BCUT2D eigenvalue weighted by atomic mass is 33.1. The summed E-state index contributed by atoms with van der Waals surface area (Å²) < 4.78 is 8.28. The molecule has 0 bridgehead atoms. The standard InChI is InChI=1S/C94H128N20O22S2/c1-11-12-37-114(55(5)117)38-16-15-24-64-81(124)111-79(93(8,9)138-137-92(6,7)78(101-54(4)116)88(131)107-70(48-73(97)119)85(128)110-77(53(3)115)87(130)105-68(83(126)102-64)46-61-50-100-76-52(2)19-17-23-63(61)76)89(132)106-66(43-56-26-29-62(30-27-56)136-41-35-95)82(125)103-67(44-57-25-28-59-21-13-14-22-60(59)42-57)86(129)112-94(33-39-135-40-34-94)91(134)109-65(31-32-75(121)122)80(123)104-69(47-72(96)118)84(127)108-71(45-58-20-18-36-99-49-58)90(133)113(10)51-74(98)120/h13-14,17-23,25-30,36,42,49-50,53,64-71,77-79,100,115H,11-12,15-16,24,31-35,37-41,43-48,51,95H2,1-10H3,(H2,96,118)(H2,97,119)(H2,98,120)(H,101,116)(H,102,126)(H,103,125)(H,104,123)(H,105,130)(H,106,132)(H,107,131)(H,108,127)(H,109,134)(H,110,128)(H,111,124)(H,112,129)(H,121,122)/t53-,64+,65+,66+,67+,68+,69+,70+,71+,77+,78-,79-/m1/s1. The molecule has 4 heterocycles. The van der Waals surface area contributed by atoms with Gasteiger partial charge >= 0.3 is 5.97 Å². The molecule has 2 aliphatic heterocycles. The van der Waals surface area contributed by atoms with Crippen LogP contribution in [0.3, 0.4) is 0 Å². The molecule has 8 rings (SSSR count). The maximum atomic E-state index is 16.5. The summed E-state index contributed by atoms with van der Waals surface area (Å²) in [6.45, 7) is 13.3. The van der Waals surface area contributed by atoms with E-state index >= 15 is 28.8 Å². The van der Waals surface area contributed by atoms with E-state index in [9.17, 15) is 67.7 Å². The van der Waals surface area contributed by atoms with E-state index < -0.39 is 227 Å². The fourth-order valence-electron chi connectivity index (χ4n) is 15.8. The number of aryl methyl sites for hydroxylation is 1. The van der Waals surface area contributed by atoms with Gasteiger partial charge in [0, 0.05) is 138 Å². The van der Waals surface area contributed by atoms with Gasteiger partial charge in [-0.05, 0) is 130 Å². The van der Waals surface area contributed by atoms with Crippen LogP contribution in [0.1, 0.15) is 154 Å². The number of para-hydroxylation sites is 1. The first kappa shape index (κ1) is 110. The zero-order valence-corrected chi connectivity index (χ0v) is 80.6. The number of carbonyl (C=O) groups is 18. The Morgan fingerprint density at radius 2 is 1.24 bits per heavy atom. The number of benzene rings is 4. The summed E-state index contributed by atoms with van der Waals surface area (Å²) in [5.74, 6) is -18.3. The number of carbonyl (C=O) groups excluding carboxylic acids is 17. The van der Waals surface area contributed by atoms with Gasteiger partial charge in [0.05, 0.1) is 25.5 Å². The molecule has 0 aliphatic carbocycles. The van der Waals surface area contributed by atoms with E-state index in [1.165, 1.54) is 54.1 Å². The van der Waals surface area contributed by atoms with Crippen molar-refractivity contribution in [1.82, 2.24) is 83.6 Å². The number of fused-ring (bicyclic) bond motifs is 2. The molecule has 4 aromatic carbocycles. The number of carboxylic acids is 1. The molecule has 12 atom stereocenters. The van der Waals surface area contributed by atoms with E-state index in [4.69, 9.17) is 32.4 Å². The van der Waals surface area contributed by atoms with Crippen LogP contribution in [0.4, 0.5) is 0 Å². The van der Waals surface area contributed by atoms with E-state index in [-0.39, 0.29) is 90.2 Å². The Kier molecular flexibility index (Phi) is 41.2. The van der Waals surface area contributed by atoms with Crippen molar-refractivity contribution in [2.45, 2.75) is 246 Å². The molecule has 6 aromatic rings. The SMILES string of the molecule is CCCCN(CCCC[C@@H]1NC(=O)[C@H](Cc2c[nH]c3c(C)cccc23)NC(=O)[C@H]([C@@H](C)O)NC(=O)[C@H](CC(N)=O)NC(=O)[C@@H](NC(C)=O)C(C)(C)SSC(C)(C)[C@@H](C(=O)N[C@@H](Cc2ccc(OCCN)cc2)C(=O)N[C@@H](Cc2ccc3ccccc3c2)C(=O)NC2(C(=O)N[C@@H](CCC(=O)O)C(=O)N[C@@H](CC(N)=O)C(=O)N[C@@H](Cc3cccnc3)C(=O)N(C)CC(N)=O)CCOCC2)NC1=O)C(C)=O. The van der Waals surface area contributed by atoms with Gasteiger partial charge in [-0.1, -0.05) is 114 Å². The monoisotopic (exact) mass is 1950 g/mol. The molecule has 0 spiro atoms. The molecule has 42 nitrogen and oxygen atoms in total. The van der Waals surface area contributed by atoms with E-state index in [1.54, 1.807) is 96.0 Å². The number of nitrogens with zero attached hydrogens (tertiary/aromatic N) is 3. The number of ether oxygens (including phenoxy) is 2. The van der Waals surface area contributed by atoms with E-state index in [1.807, 2.05) is 26.0 Å². The van der Waals surface area contributed by atoms with Crippen molar-refractivity contribution in [3.05, 3.63) is 143 Å². The number of aromatic nitrogens is 2. The maximum Gasteiger partial charge on any atom is 0.303 e. The lowest BCUT2D eigenvalue weighted by Gasteiger charge is -2.39. The third-order valence-electron chi connectivity index (χ3n) is 23.5. The number of H-pyrrole nitrogens is 1. The lowest BCUT2D eigenvalue weighted by atomic mass is 9.87. The maximum absolute atomic E-state index is 16.5. The number of hydrogen-bond acceptors (Lipinski definition) is 25. The van der Waals surface area contributed by atoms with Gasteiger partial charge < -0.3 is 121 Å². The van der Waals surface area contributed by atoms with Crippen molar-refractivity contribution in [2.75, 3.05) is 53.0 Å². The van der Waals surface area contributed by atoms with Crippen molar-refractivity contribution in [3.8, 4) is 5.75 Å². The average molecular weight is 1950 g/mol. The Hall–Kier alpha value is -13.3. The second kappa shape index (κ2) is 51.7. The Morgan fingerprint density at radius 3 is 1.88 bits per heavy atom. The molecule has 2 aliphatic rings. The smallest absolute Gasteiger partial charge is 0.303 e. The minimum absolute atomic E-state index is 0.0977. The summed E-state index contributed by atoms with van der Waals surface area (Å²) >= 11 is 0. The van der Waals surface area contributed by atoms with Gasteiger partial charge in [-0.2, -0.15) is 0 Å². The topological polar surface area (TPSA) is 650 Å². The molecule has 17 amide bonds. The van der Waals surface area contributed by atoms with E-state index in [0.717, 1.165) is 57.7 Å². The molecular formula is C94H128N20O22S2. The van der Waals surface area contributed by atoms with Gasteiger partial charge in [0.2, 0.25) is 100 Å². The number of unbranched alkanes of at least 4 members (excludes halogenated alkanes) is 2. The molecular weight excluding hydrogens is 1830 g/mol. The van der Waals surface area contributed by atoms with Gasteiger partial charge in [-0.15, -0.1) is 0 Å². The number of aliphatic carboxylic acids is 1. The van der Waals surface area contributed by atoms with Crippen molar-refractivity contribution >= 4 is 150 Å². The van der Waals surface area contributed by atoms with Gasteiger partial charge in [-0.3, -0.25) is 91.3 Å². The zero-order chi connectivity index (χ0) is 101. The van der Waals surface area contributed by atoms with Gasteiger partial charge in [-0.25, -0.2) is 0 Å². The lowest BCUT2D eigenvalue weighted by Crippen LogP contribution is -2.67. The number of aliphatic hydroxyl groups excluding tert-OH is 1. The van der Waals surface area contributed by atoms with Crippen molar-refractivity contribution in [1.29, 1.82) is 0 Å². The van der Waals surface area contributed by atoms with Gasteiger partial charge in [0.15, 0.2) is 0 Å². The number of pyridine rings is 1. The van der Waals surface area contributed by atoms with E-state index in [0.29, 0.717) is 57.3 Å². The molecule has 138 heavy (non-hydrogen) atoms. The number of nitrogens with two attached hydrogens (primary N) is 4. The fourth-order valence-corrected chi connectivity index (χ4v) is 18.7. The average Bonchev–Trinajstić information content (AvgIpc) is 1.26. The number of carboxylic acid groups (broad SMARTS) is 1. The number of rotatable bonds is 43. The largest absolute Gasteiger partial charge is 0.492 e. The Bertz CT molecular complexity index is 5370. The lowest BCUT2D eigenvalue weighted by molar-refractivity contribution is -0.142. The number of likely N-dealkylation sites (N-methyl/N-ethyl adjacent to an activating group) is 1. The second-order valence-corrected chi connectivity index (χ2v) is 39.0. The molecule has 2 saturated heterocycles. The minimum atomic E-state index is -2.11. The van der Waals surface area contributed by atoms with Crippen LogP contribution in [0.25, 0.3) is 21.7 Å². The highest BCUT2D eigenvalue weighted by Crippen LogP contribution is 2.47. The fraction of sp³-hybridized carbons (Fsp3) is 0.500. The number of primary amides is 3. The first-order chi connectivity index (χ1) is 65.3. The Labute approximate surface area is 806 Å². The van der Waals surface area contributed by atoms with Crippen molar-refractivity contribution in [2.24, 2.45) is 22.9 Å². The van der Waals surface area contributed by atoms with Gasteiger partial charge in [0.25, 0.3) is 0 Å². The summed E-state index contributed by atoms with van der Waals surface area (Å²) in [6, 6.07) is 7.60. The van der Waals surface area contributed by atoms with Crippen molar-refractivity contribution in [3.63, 3.8) is 0 Å². The summed E-state index contributed by atoms with van der Waals surface area (Å²) in [6.07, 6.45) is -1.10. The highest BCUT2D eigenvalue weighted by molar-refractivity contribution is 8.77. The number of amides is 17. The predicted molar refractivity (Wildman–Crippen MR) is 512 cm³/mol. The molecule has 0 saturated carbocycles. The van der Waals surface area contributed by atoms with Crippen LogP contribution in [0.5, 0.6) is 5.75 Å². The molecule has 0 unspecified atom stereocenters. The van der Waals surface area contributed by atoms with Crippen LogP contribution in [0.2, 0.25) is 0 Å². The highest BCUT2D eigenvalue weighted by Gasteiger charge is 2.49. The Morgan fingerprint density at radius 1 is 0.630 bits per heavy atom. The number of aromatic amines is 1. The van der Waals surface area contributed by atoms with Crippen LogP contribution < -0.4 is 91.5 Å². The normalized spacial score (nSPS) is 19.3. The number of nitrogens with one attached hydrogen (secondary N) is 13. The Balaban J connectivity index is 1.24. The summed E-state index contributed by atoms with van der Waals surface area (Å²) in [4.78, 5) is 270. The molecule has 23 N–H and O–H groups in total. The molecule has 2 aromatic heterocycles. The first-order valence-corrected chi connectivity index (χ1v) is 47.6. The third-order valence-corrected chi connectivity index (χ3v) is 27.7. The van der Waals surface area contributed by atoms with Crippen LogP contribution >= 0.6 is 21.6 Å². The summed E-state index contributed by atoms with van der Waals surface area (Å²) in [5.41, 5.74) is 23.6. The second-order valence-electron chi connectivity index (χ2n) is 35.6. The summed E-state index contributed by atoms with van der Waals surface area (Å²) in [5, 5.41) is 55.3. The van der Waals surface area contributed by atoms with Crippen LogP contribution in [0.15, 0.2) is 116 Å². The van der Waals surface area contributed by atoms with Crippen molar-refractivity contribution < 1.29 is 106 Å². The predicted octanol–water partition coefficient (Wildman–Crippen LogP) is -0.638. The minimum Gasteiger partial charge on any atom is -0.492 e. The van der Waals surface area contributed by atoms with E-state index in [2.05, 4.69) is 73.8 Å². The van der Waals surface area contributed by atoms with Crippen LogP contribution in [0, 0.1) is 6.92 Å². The number of hydrogen-bond donors (Lipinski definition) is 19. The molecule has 0 radical (unpaired) electrons. The third kappa shape index (κ3) is 32.7. The molecule has 748 valence electrons. The first-order valence-electron chi connectivity index (χ1n) is 45.5. The van der Waals surface area contributed by atoms with Gasteiger partial charge in [0.1, 0.15) is 84.4 Å². The molecule has 44 heteroatoms. The van der Waals surface area contributed by atoms with Crippen LogP contribution in [-0.4, -0.2) is 277 Å². The number of aliphatic hydroxyl groups is 1. The zero-order valence-electron chi connectivity index (χ0n) is 79.0. The quantitative estimate of drug-likeness (QED) is 0.0167. The van der Waals surface area contributed by atoms with Crippen LogP contribution in [-0.2, 0) is 117 Å². The molecule has 2 fully saturated rings. The summed E-state index contributed by atoms with van der Waals surface area (Å²) in [7, 11) is 3.03.